The number of morpholine rings is 1. The minimum atomic E-state index is -4.87. The number of aromatic nitrogens is 1. The molecule has 0 spiro atoms. The summed E-state index contributed by atoms with van der Waals surface area (Å²) in [5.74, 6) is -0.690. The molecule has 3 aromatic rings. The van der Waals surface area contributed by atoms with Gasteiger partial charge in [0.25, 0.3) is 5.56 Å². The van der Waals surface area contributed by atoms with Crippen molar-refractivity contribution in [3.63, 3.8) is 0 Å². The van der Waals surface area contributed by atoms with Gasteiger partial charge in [0, 0.05) is 55.0 Å². The van der Waals surface area contributed by atoms with Crippen LogP contribution in [0.25, 0.3) is 11.1 Å². The van der Waals surface area contributed by atoms with E-state index >= 15 is 8.78 Å². The Balaban J connectivity index is 1.57. The van der Waals surface area contributed by atoms with Gasteiger partial charge in [-0.25, -0.2) is 13.2 Å². The van der Waals surface area contributed by atoms with Crippen molar-refractivity contribution < 1.29 is 45.8 Å². The average Bonchev–Trinajstić information content (AvgIpc) is 3.03. The number of pyridine rings is 1. The number of carbonyl (C=O) groups excluding carboxylic acids is 1. The van der Waals surface area contributed by atoms with Gasteiger partial charge in [0.2, 0.25) is 5.91 Å². The van der Waals surface area contributed by atoms with E-state index in [0.29, 0.717) is 19.2 Å². The number of nitrogens with one attached hydrogen (secondary N) is 1. The lowest BCUT2D eigenvalue weighted by Gasteiger charge is -2.47. The zero-order chi connectivity index (χ0) is 38.9. The summed E-state index contributed by atoms with van der Waals surface area (Å²) in [5.41, 5.74) is -2.85. The van der Waals surface area contributed by atoms with Gasteiger partial charge >= 0.3 is 12.1 Å². The lowest BCUT2D eigenvalue weighted by Crippen LogP contribution is -2.57. The second-order valence-corrected chi connectivity index (χ2v) is 14.2. The fourth-order valence-corrected chi connectivity index (χ4v) is 7.40. The SMILES string of the molecule is CC#Cc1cc(F)c([C@@H](CC(=O)O)NC(=O)[C@@H](CC(C)C)n2cc(CCN3CC4CC(C3)O4)c(C(F)(F)F)cc2=O)c(F)c1-c1c(C)cc(F)cc1C. The molecule has 284 valence electrons. The molecule has 0 aliphatic carbocycles. The molecule has 0 saturated carbocycles. The number of fused-ring (bicyclic) bond motifs is 2. The van der Waals surface area contributed by atoms with Crippen molar-refractivity contribution in [1.82, 2.24) is 14.8 Å². The predicted octanol–water partition coefficient (Wildman–Crippen LogP) is 6.87. The van der Waals surface area contributed by atoms with E-state index in [9.17, 15) is 37.1 Å². The topological polar surface area (TPSA) is 101 Å². The maximum absolute atomic E-state index is 16.8. The van der Waals surface area contributed by atoms with Crippen LogP contribution < -0.4 is 10.9 Å². The Hall–Kier alpha value is -4.61. The third-order valence-corrected chi connectivity index (χ3v) is 9.64. The average molecular weight is 746 g/mol. The van der Waals surface area contributed by atoms with Crippen LogP contribution in [0, 0.1) is 49.1 Å². The molecular weight excluding hydrogens is 704 g/mol. The Kier molecular flexibility index (Phi) is 11.8. The minimum absolute atomic E-state index is 0.0212. The second kappa shape index (κ2) is 15.8. The maximum atomic E-state index is 16.8. The zero-order valence-corrected chi connectivity index (χ0v) is 30.0. The Morgan fingerprint density at radius 3 is 2.21 bits per heavy atom. The van der Waals surface area contributed by atoms with Gasteiger partial charge in [-0.2, -0.15) is 13.2 Å². The van der Waals surface area contributed by atoms with Crippen molar-refractivity contribution in [2.24, 2.45) is 5.92 Å². The van der Waals surface area contributed by atoms with E-state index in [1.54, 1.807) is 13.8 Å². The molecule has 2 aromatic carbocycles. The molecule has 14 heteroatoms. The van der Waals surface area contributed by atoms with E-state index in [1.807, 2.05) is 4.90 Å². The molecule has 4 atom stereocenters. The molecule has 3 aliphatic rings. The molecule has 3 fully saturated rings. The third kappa shape index (κ3) is 8.79. The van der Waals surface area contributed by atoms with Gasteiger partial charge in [0.05, 0.1) is 30.2 Å². The summed E-state index contributed by atoms with van der Waals surface area (Å²) < 4.78 is 96.0. The lowest BCUT2D eigenvalue weighted by atomic mass is 9.88. The Labute approximate surface area is 303 Å². The number of rotatable bonds is 12. The highest BCUT2D eigenvalue weighted by Gasteiger charge is 2.40. The lowest BCUT2D eigenvalue weighted by molar-refractivity contribution is -0.180. The van der Waals surface area contributed by atoms with E-state index in [1.165, 1.54) is 20.8 Å². The molecule has 8 nitrogen and oxygen atoms in total. The van der Waals surface area contributed by atoms with Crippen LogP contribution in [0.4, 0.5) is 26.3 Å². The van der Waals surface area contributed by atoms with Crippen molar-refractivity contribution in [3.8, 4) is 23.0 Å². The van der Waals surface area contributed by atoms with Crippen LogP contribution in [0.15, 0.2) is 35.3 Å². The van der Waals surface area contributed by atoms with Crippen LogP contribution in [0.1, 0.15) is 85.5 Å². The first-order chi connectivity index (χ1) is 24.9. The first kappa shape index (κ1) is 39.6. The predicted molar refractivity (Wildman–Crippen MR) is 185 cm³/mol. The van der Waals surface area contributed by atoms with Gasteiger partial charge in [-0.1, -0.05) is 19.8 Å². The fourth-order valence-electron chi connectivity index (χ4n) is 7.40. The Morgan fingerprint density at radius 1 is 1.04 bits per heavy atom. The number of halogens is 6. The van der Waals surface area contributed by atoms with Gasteiger partial charge in [0.1, 0.15) is 23.5 Å². The van der Waals surface area contributed by atoms with Crippen LogP contribution in [-0.2, 0) is 26.9 Å². The number of nitrogens with zero attached hydrogens (tertiary/aromatic N) is 2. The Morgan fingerprint density at radius 2 is 1.66 bits per heavy atom. The molecule has 3 saturated heterocycles. The summed E-state index contributed by atoms with van der Waals surface area (Å²) in [6, 6.07) is 0.335. The number of hydrogen-bond acceptors (Lipinski definition) is 5. The summed E-state index contributed by atoms with van der Waals surface area (Å²) in [7, 11) is 0. The number of hydrogen-bond donors (Lipinski definition) is 2. The van der Waals surface area contributed by atoms with Gasteiger partial charge in [-0.15, -0.1) is 5.92 Å². The van der Waals surface area contributed by atoms with Crippen molar-refractivity contribution >= 4 is 11.9 Å². The number of benzene rings is 2. The quantitative estimate of drug-likeness (QED) is 0.155. The summed E-state index contributed by atoms with van der Waals surface area (Å²) in [6.45, 7) is 9.25. The molecule has 2 N–H and O–H groups in total. The van der Waals surface area contributed by atoms with Crippen molar-refractivity contribution in [3.05, 3.63) is 91.6 Å². The first-order valence-electron chi connectivity index (χ1n) is 17.3. The van der Waals surface area contributed by atoms with Crippen LogP contribution in [0.2, 0.25) is 0 Å². The maximum Gasteiger partial charge on any atom is 0.416 e. The fraction of sp³-hybridized carbons (Fsp3) is 0.462. The third-order valence-electron chi connectivity index (χ3n) is 9.64. The first-order valence-corrected chi connectivity index (χ1v) is 17.3. The highest BCUT2D eigenvalue weighted by atomic mass is 19.4. The molecule has 4 heterocycles. The number of carbonyl (C=O) groups is 2. The van der Waals surface area contributed by atoms with Gasteiger partial charge in [-0.3, -0.25) is 19.3 Å². The van der Waals surface area contributed by atoms with Crippen molar-refractivity contribution in [2.75, 3.05) is 19.6 Å². The molecular formula is C39H41F6N3O5. The van der Waals surface area contributed by atoms with E-state index in [0.717, 1.165) is 35.4 Å². The van der Waals surface area contributed by atoms with E-state index < -0.39 is 70.7 Å². The smallest absolute Gasteiger partial charge is 0.416 e. The van der Waals surface area contributed by atoms with Gasteiger partial charge in [0.15, 0.2) is 0 Å². The second-order valence-electron chi connectivity index (χ2n) is 14.2. The standard InChI is InChI=1S/C39H41F6N3O5/c1-6-7-23-13-29(41)36(37(42)35(23)34-21(4)11-25(40)12-22(34)5)30(16-33(50)51)46-38(52)31(10-20(2)3)48-17-24(28(15-32(48)49)39(43,44)45)8-9-47-18-26-14-27(19-47)53-26/h11-13,15,17,20,26-27,30-31H,8-10,14,16,18-19H2,1-5H3,(H,46,52)(H,50,51)/t26?,27?,30-,31-/m1/s1. The monoisotopic (exact) mass is 745 g/mol. The number of carboxylic acid groups (broad SMARTS) is 1. The number of alkyl halides is 3. The summed E-state index contributed by atoms with van der Waals surface area (Å²) in [5, 5.41) is 12.2. The van der Waals surface area contributed by atoms with Crippen molar-refractivity contribution in [1.29, 1.82) is 0 Å². The Bertz CT molecular complexity index is 1990. The van der Waals surface area contributed by atoms with Crippen LogP contribution in [-0.4, -0.2) is 58.3 Å². The number of aliphatic carboxylic acids is 1. The zero-order valence-electron chi connectivity index (χ0n) is 30.0. The molecule has 1 aromatic heterocycles. The highest BCUT2D eigenvalue weighted by molar-refractivity contribution is 5.83. The van der Waals surface area contributed by atoms with Crippen LogP contribution in [0.5, 0.6) is 0 Å². The number of carboxylic acids is 1. The summed E-state index contributed by atoms with van der Waals surface area (Å²) in [6.07, 6.45) is -4.11. The number of ether oxygens (including phenoxy) is 1. The molecule has 1 amide bonds. The molecule has 6 rings (SSSR count). The van der Waals surface area contributed by atoms with Crippen LogP contribution in [0.3, 0.4) is 0 Å². The molecule has 2 unspecified atom stereocenters. The molecule has 3 aliphatic heterocycles. The highest BCUT2D eigenvalue weighted by Crippen LogP contribution is 2.39. The molecule has 2 bridgehead atoms. The number of aryl methyl sites for hydroxylation is 2. The van der Waals surface area contributed by atoms with E-state index in [4.69, 9.17) is 4.74 Å². The largest absolute Gasteiger partial charge is 0.481 e. The van der Waals surface area contributed by atoms with E-state index in [2.05, 4.69) is 17.2 Å². The van der Waals surface area contributed by atoms with Crippen LogP contribution >= 0.6 is 0 Å². The van der Waals surface area contributed by atoms with E-state index in [-0.39, 0.29) is 70.9 Å². The molecule has 0 radical (unpaired) electrons. The normalized spacial score (nSPS) is 18.2. The summed E-state index contributed by atoms with van der Waals surface area (Å²) in [4.78, 5) is 41.5. The number of amides is 1. The van der Waals surface area contributed by atoms with Gasteiger partial charge < -0.3 is 19.7 Å². The minimum Gasteiger partial charge on any atom is -0.481 e. The number of piperidine rings is 1. The summed E-state index contributed by atoms with van der Waals surface area (Å²) >= 11 is 0. The van der Waals surface area contributed by atoms with Gasteiger partial charge in [-0.05, 0) is 80.0 Å². The molecule has 53 heavy (non-hydrogen) atoms. The van der Waals surface area contributed by atoms with Crippen molar-refractivity contribution in [2.45, 2.75) is 90.8 Å².